The quantitative estimate of drug-likeness (QED) is 0.691. The number of likely N-dealkylation sites (tertiary alicyclic amines) is 1. The molecule has 1 N–H and O–H groups in total. The molecule has 150 valence electrons. The molecule has 1 fully saturated rings. The number of halogens is 1. The van der Waals surface area contributed by atoms with Gasteiger partial charge in [-0.25, -0.2) is 0 Å². The minimum atomic E-state index is -0.701. The van der Waals surface area contributed by atoms with Crippen molar-refractivity contribution in [2.24, 2.45) is 5.92 Å². The zero-order valence-electron chi connectivity index (χ0n) is 16.1. The van der Waals surface area contributed by atoms with Crippen molar-refractivity contribution in [1.29, 1.82) is 0 Å². The van der Waals surface area contributed by atoms with Gasteiger partial charge in [-0.05, 0) is 55.8 Å². The van der Waals surface area contributed by atoms with Crippen LogP contribution in [0.3, 0.4) is 0 Å². The van der Waals surface area contributed by atoms with Crippen molar-refractivity contribution in [3.05, 3.63) is 52.3 Å². The highest BCUT2D eigenvalue weighted by molar-refractivity contribution is 9.10. The molecule has 0 spiro atoms. The minimum absolute atomic E-state index is 0.0545. The molecule has 2 heterocycles. The molecule has 1 aromatic heterocycles. The molecule has 0 amide bonds. The summed E-state index contributed by atoms with van der Waals surface area (Å²) in [7, 11) is 3.24. The van der Waals surface area contributed by atoms with Crippen LogP contribution in [0.5, 0.6) is 11.5 Å². The molecule has 0 bridgehead atoms. The second-order valence-electron chi connectivity index (χ2n) is 6.92. The van der Waals surface area contributed by atoms with Crippen LogP contribution in [0.25, 0.3) is 0 Å². The van der Waals surface area contributed by atoms with E-state index in [0.29, 0.717) is 24.3 Å². The average Bonchev–Trinajstić information content (AvgIpc) is 2.73. The van der Waals surface area contributed by atoms with E-state index in [4.69, 9.17) is 9.47 Å². The minimum Gasteiger partial charge on any atom is -0.493 e. The van der Waals surface area contributed by atoms with Crippen LogP contribution in [0, 0.1) is 5.92 Å². The van der Waals surface area contributed by atoms with E-state index in [2.05, 4.69) is 25.8 Å². The van der Waals surface area contributed by atoms with E-state index in [1.165, 1.54) is 0 Å². The first-order valence-electron chi connectivity index (χ1n) is 9.31. The molecule has 28 heavy (non-hydrogen) atoms. The fraction of sp³-hybridized carbons (Fsp3) is 0.429. The van der Waals surface area contributed by atoms with E-state index >= 15 is 0 Å². The Morgan fingerprint density at radius 1 is 1.25 bits per heavy atom. The Morgan fingerprint density at radius 3 is 2.50 bits per heavy atom. The van der Waals surface area contributed by atoms with Crippen molar-refractivity contribution in [3.63, 3.8) is 0 Å². The Kier molecular flexibility index (Phi) is 6.91. The number of carboxylic acid groups (broad SMARTS) is 1. The van der Waals surface area contributed by atoms with Gasteiger partial charge in [-0.2, -0.15) is 0 Å². The van der Waals surface area contributed by atoms with Gasteiger partial charge in [0.1, 0.15) is 0 Å². The lowest BCUT2D eigenvalue weighted by Gasteiger charge is -2.37. The average molecular weight is 449 g/mol. The van der Waals surface area contributed by atoms with Crippen LogP contribution in [-0.2, 0) is 11.2 Å². The zero-order valence-corrected chi connectivity index (χ0v) is 17.7. The molecule has 1 aliphatic rings. The summed E-state index contributed by atoms with van der Waals surface area (Å²) >= 11 is 3.69. The Bertz CT molecular complexity index is 808. The molecule has 1 aliphatic heterocycles. The summed E-state index contributed by atoms with van der Waals surface area (Å²) in [5.41, 5.74) is 2.08. The molecule has 1 saturated heterocycles. The molecule has 0 radical (unpaired) electrons. The van der Waals surface area contributed by atoms with E-state index in [0.717, 1.165) is 35.2 Å². The van der Waals surface area contributed by atoms with Crippen molar-refractivity contribution in [1.82, 2.24) is 9.88 Å². The van der Waals surface area contributed by atoms with Crippen molar-refractivity contribution in [2.45, 2.75) is 25.3 Å². The Hall–Kier alpha value is -2.12. The third-order valence-corrected chi connectivity index (χ3v) is 6.00. The number of carboxylic acids is 1. The predicted molar refractivity (Wildman–Crippen MR) is 110 cm³/mol. The van der Waals surface area contributed by atoms with Crippen molar-refractivity contribution in [3.8, 4) is 11.5 Å². The van der Waals surface area contributed by atoms with E-state index < -0.39 is 5.97 Å². The highest BCUT2D eigenvalue weighted by atomic mass is 79.9. The van der Waals surface area contributed by atoms with Crippen LogP contribution in [0.4, 0.5) is 0 Å². The van der Waals surface area contributed by atoms with Crippen molar-refractivity contribution >= 4 is 21.9 Å². The lowest BCUT2D eigenvalue weighted by atomic mass is 9.92. The molecule has 6 nitrogen and oxygen atoms in total. The van der Waals surface area contributed by atoms with E-state index in [1.54, 1.807) is 20.4 Å². The maximum Gasteiger partial charge on any atom is 0.306 e. The molecule has 1 atom stereocenters. The Balaban J connectivity index is 1.94. The first-order valence-corrected chi connectivity index (χ1v) is 10.1. The maximum atomic E-state index is 11.3. The number of nitrogens with zero attached hydrogens (tertiary/aromatic N) is 2. The molecule has 1 unspecified atom stereocenters. The number of rotatable bonds is 7. The van der Waals surface area contributed by atoms with Crippen LogP contribution < -0.4 is 9.47 Å². The zero-order chi connectivity index (χ0) is 20.1. The van der Waals surface area contributed by atoms with Gasteiger partial charge < -0.3 is 14.6 Å². The van der Waals surface area contributed by atoms with Crippen LogP contribution in [0.2, 0.25) is 0 Å². The molecular formula is C21H25BrN2O4. The van der Waals surface area contributed by atoms with Crippen LogP contribution in [0.1, 0.15) is 30.1 Å². The molecular weight excluding hydrogens is 424 g/mol. The van der Waals surface area contributed by atoms with Crippen molar-refractivity contribution in [2.75, 3.05) is 27.3 Å². The Morgan fingerprint density at radius 2 is 1.93 bits per heavy atom. The molecule has 3 rings (SSSR count). The number of pyridine rings is 1. The number of ether oxygens (including phenoxy) is 2. The third-order valence-electron chi connectivity index (χ3n) is 5.31. The highest BCUT2D eigenvalue weighted by Gasteiger charge is 2.31. The smallest absolute Gasteiger partial charge is 0.306 e. The van der Waals surface area contributed by atoms with Gasteiger partial charge in [-0.15, -0.1) is 0 Å². The van der Waals surface area contributed by atoms with Crippen LogP contribution in [-0.4, -0.2) is 48.3 Å². The first-order chi connectivity index (χ1) is 13.5. The van der Waals surface area contributed by atoms with Gasteiger partial charge in [0, 0.05) is 28.8 Å². The standard InChI is InChI=1S/C21H25BrN2O4/c1-27-19-12-16(17(22)13-20(19)28-2)18(11-15-5-3-4-8-23-15)24-9-6-14(7-10-24)21(25)26/h3-5,8,12-14,18H,6-7,9-11H2,1-2H3,(H,25,26). The number of piperidine rings is 1. The maximum absolute atomic E-state index is 11.3. The van der Waals surface area contributed by atoms with Gasteiger partial charge in [-0.3, -0.25) is 14.7 Å². The third kappa shape index (κ3) is 4.64. The largest absolute Gasteiger partial charge is 0.493 e. The molecule has 1 aromatic carbocycles. The SMILES string of the molecule is COc1cc(Br)c(C(Cc2ccccn2)N2CCC(C(=O)O)CC2)cc1OC. The number of hydrogen-bond donors (Lipinski definition) is 1. The summed E-state index contributed by atoms with van der Waals surface area (Å²) < 4.78 is 11.9. The summed E-state index contributed by atoms with van der Waals surface area (Å²) in [4.78, 5) is 18.2. The summed E-state index contributed by atoms with van der Waals surface area (Å²) in [6.07, 6.45) is 3.83. The second kappa shape index (κ2) is 9.39. The number of hydrogen-bond acceptors (Lipinski definition) is 5. The lowest BCUT2D eigenvalue weighted by molar-refractivity contribution is -0.143. The van der Waals surface area contributed by atoms with Gasteiger partial charge in [0.05, 0.1) is 20.1 Å². The summed E-state index contributed by atoms with van der Waals surface area (Å²) in [6.45, 7) is 1.46. The van der Waals surface area contributed by atoms with E-state index in [9.17, 15) is 9.90 Å². The monoisotopic (exact) mass is 448 g/mol. The second-order valence-corrected chi connectivity index (χ2v) is 7.77. The van der Waals surface area contributed by atoms with Gasteiger partial charge in [-0.1, -0.05) is 22.0 Å². The van der Waals surface area contributed by atoms with Crippen LogP contribution in [0.15, 0.2) is 41.0 Å². The number of aliphatic carboxylic acids is 1. The molecule has 0 aliphatic carbocycles. The van der Waals surface area contributed by atoms with Crippen LogP contribution >= 0.6 is 15.9 Å². The van der Waals surface area contributed by atoms with E-state index in [1.807, 2.05) is 30.3 Å². The predicted octanol–water partition coefficient (Wildman–Crippen LogP) is 3.94. The number of carbonyl (C=O) groups is 1. The molecule has 7 heteroatoms. The number of benzene rings is 1. The lowest BCUT2D eigenvalue weighted by Crippen LogP contribution is -2.39. The summed E-state index contributed by atoms with van der Waals surface area (Å²) in [6, 6.07) is 9.89. The first kappa shape index (κ1) is 20.6. The molecule has 2 aromatic rings. The van der Waals surface area contributed by atoms with Gasteiger partial charge in [0.2, 0.25) is 0 Å². The van der Waals surface area contributed by atoms with Gasteiger partial charge >= 0.3 is 5.97 Å². The topological polar surface area (TPSA) is 71.9 Å². The summed E-state index contributed by atoms with van der Waals surface area (Å²) in [5, 5.41) is 9.32. The Labute approximate surface area is 173 Å². The van der Waals surface area contributed by atoms with Gasteiger partial charge in [0.25, 0.3) is 0 Å². The number of methoxy groups -OCH3 is 2. The highest BCUT2D eigenvalue weighted by Crippen LogP contribution is 2.40. The van der Waals surface area contributed by atoms with Crippen molar-refractivity contribution < 1.29 is 19.4 Å². The van der Waals surface area contributed by atoms with E-state index in [-0.39, 0.29) is 12.0 Å². The molecule has 0 saturated carbocycles. The fourth-order valence-electron chi connectivity index (χ4n) is 3.74. The van der Waals surface area contributed by atoms with Gasteiger partial charge in [0.15, 0.2) is 11.5 Å². The summed E-state index contributed by atoms with van der Waals surface area (Å²) in [5.74, 6) is 0.375. The normalized spacial score (nSPS) is 16.5. The fourth-order valence-corrected chi connectivity index (χ4v) is 4.32. The number of aromatic nitrogens is 1.